The Balaban J connectivity index is 1.95. The van der Waals surface area contributed by atoms with E-state index in [9.17, 15) is 14.4 Å². The lowest BCUT2D eigenvalue weighted by molar-refractivity contribution is -0.139. The number of amides is 2. The van der Waals surface area contributed by atoms with Gasteiger partial charge in [-0.2, -0.15) is 0 Å². The maximum absolute atomic E-state index is 12.8. The van der Waals surface area contributed by atoms with Gasteiger partial charge < -0.3 is 19.8 Å². The summed E-state index contributed by atoms with van der Waals surface area (Å²) in [5.74, 6) is -0.0990. The Hall–Kier alpha value is -2.19. The van der Waals surface area contributed by atoms with Crippen molar-refractivity contribution in [3.63, 3.8) is 0 Å². The number of β-lactam (4-membered cyclic amide) rings is 1. The zero-order valence-corrected chi connectivity index (χ0v) is 21.5. The zero-order valence-electron chi connectivity index (χ0n) is 20.5. The summed E-state index contributed by atoms with van der Waals surface area (Å²) in [6.45, 7) is 16.1. The molecule has 7 nitrogen and oxygen atoms in total. The van der Waals surface area contributed by atoms with E-state index in [0.717, 1.165) is 6.04 Å². The highest BCUT2D eigenvalue weighted by atomic mass is 28.3. The lowest BCUT2D eigenvalue weighted by Crippen LogP contribution is -2.63. The topological polar surface area (TPSA) is 93.7 Å². The summed E-state index contributed by atoms with van der Waals surface area (Å²) in [7, 11) is -1.08. The third kappa shape index (κ3) is 7.17. The van der Waals surface area contributed by atoms with Crippen molar-refractivity contribution in [2.45, 2.75) is 90.6 Å². The second-order valence-corrected chi connectivity index (χ2v) is 13.7. The number of hydrogen-bond acceptors (Lipinski definition) is 5. The van der Waals surface area contributed by atoms with Gasteiger partial charge in [0.15, 0.2) is 5.78 Å². The predicted molar refractivity (Wildman–Crippen MR) is 126 cm³/mol. The third-order valence-corrected chi connectivity index (χ3v) is 8.30. The Morgan fingerprint density at radius 3 is 2.19 bits per heavy atom. The van der Waals surface area contributed by atoms with Crippen LogP contribution in [0.25, 0.3) is 0 Å². The van der Waals surface area contributed by atoms with Gasteiger partial charge in [-0.05, 0) is 63.0 Å². The molecule has 0 aliphatic carbocycles. The van der Waals surface area contributed by atoms with E-state index in [1.165, 1.54) is 0 Å². The quantitative estimate of drug-likeness (QED) is 0.338. The van der Waals surface area contributed by atoms with Gasteiger partial charge in [-0.3, -0.25) is 9.59 Å². The summed E-state index contributed by atoms with van der Waals surface area (Å²) in [5, 5.41) is 5.65. The molecule has 1 aromatic carbocycles. The summed E-state index contributed by atoms with van der Waals surface area (Å²) < 4.78 is 11.6. The van der Waals surface area contributed by atoms with E-state index in [1.807, 2.05) is 27.7 Å². The second kappa shape index (κ2) is 10.2. The molecular formula is C24H37N2O5Si. The molecule has 2 N–H and O–H groups in total. The highest BCUT2D eigenvalue weighted by molar-refractivity contribution is 6.55. The second-order valence-electron chi connectivity index (χ2n) is 10.4. The molecule has 8 heteroatoms. The molecule has 1 saturated heterocycles. The fourth-order valence-electron chi connectivity index (χ4n) is 3.73. The van der Waals surface area contributed by atoms with Crippen LogP contribution >= 0.6 is 0 Å². The number of benzene rings is 1. The van der Waals surface area contributed by atoms with Crippen molar-refractivity contribution in [3.05, 3.63) is 29.8 Å². The summed E-state index contributed by atoms with van der Waals surface area (Å²) in [5.41, 5.74) is 0.110. The van der Waals surface area contributed by atoms with Crippen LogP contribution in [-0.4, -0.2) is 44.5 Å². The molecule has 0 bridgehead atoms. The van der Waals surface area contributed by atoms with Gasteiger partial charge in [-0.1, -0.05) is 27.7 Å². The molecule has 177 valence electrons. The van der Waals surface area contributed by atoms with Crippen LogP contribution in [0.5, 0.6) is 5.75 Å². The van der Waals surface area contributed by atoms with Crippen molar-refractivity contribution in [1.29, 1.82) is 0 Å². The summed E-state index contributed by atoms with van der Waals surface area (Å²) in [6.07, 6.45) is -0.570. The Morgan fingerprint density at radius 1 is 1.12 bits per heavy atom. The van der Waals surface area contributed by atoms with Gasteiger partial charge in [0.05, 0.1) is 18.1 Å². The number of Topliss-reactive ketones (excluding diaryl/α,β-unsaturated/α-hetero) is 1. The zero-order chi connectivity index (χ0) is 24.3. The molecule has 0 spiro atoms. The van der Waals surface area contributed by atoms with Crippen LogP contribution in [0.15, 0.2) is 24.3 Å². The van der Waals surface area contributed by atoms with E-state index < -0.39 is 20.7 Å². The van der Waals surface area contributed by atoms with Gasteiger partial charge in [0.25, 0.3) is 0 Å². The first-order valence-electron chi connectivity index (χ1n) is 11.2. The van der Waals surface area contributed by atoms with Gasteiger partial charge in [0, 0.05) is 17.5 Å². The van der Waals surface area contributed by atoms with Gasteiger partial charge in [-0.25, -0.2) is 4.79 Å². The minimum atomic E-state index is -1.08. The third-order valence-electron chi connectivity index (χ3n) is 5.32. The van der Waals surface area contributed by atoms with Crippen molar-refractivity contribution < 1.29 is 23.5 Å². The van der Waals surface area contributed by atoms with E-state index in [2.05, 4.69) is 38.3 Å². The number of ketones is 1. The molecule has 3 unspecified atom stereocenters. The van der Waals surface area contributed by atoms with Gasteiger partial charge in [0.1, 0.15) is 5.75 Å². The average Bonchev–Trinajstić information content (AvgIpc) is 2.63. The molecule has 1 fully saturated rings. The molecule has 3 atom stereocenters. The van der Waals surface area contributed by atoms with E-state index in [0.29, 0.717) is 11.3 Å². The van der Waals surface area contributed by atoms with Crippen LogP contribution in [-0.2, 0) is 9.22 Å². The number of rotatable bonds is 8. The molecule has 2 rings (SSSR count). The molecule has 2 amide bonds. The van der Waals surface area contributed by atoms with Crippen LogP contribution in [0.2, 0.25) is 11.1 Å². The molecule has 1 heterocycles. The van der Waals surface area contributed by atoms with Crippen molar-refractivity contribution in [2.24, 2.45) is 5.92 Å². The maximum Gasteiger partial charge on any atom is 0.413 e. The fourth-order valence-corrected chi connectivity index (χ4v) is 5.90. The Bertz CT molecular complexity index is 826. The predicted octanol–water partition coefficient (Wildman–Crippen LogP) is 4.48. The lowest BCUT2D eigenvalue weighted by atomic mass is 9.82. The molecule has 1 aliphatic heterocycles. The Labute approximate surface area is 193 Å². The minimum Gasteiger partial charge on any atom is -0.413 e. The van der Waals surface area contributed by atoms with Crippen LogP contribution in [0.3, 0.4) is 0 Å². The molecule has 0 aromatic heterocycles. The van der Waals surface area contributed by atoms with Crippen LogP contribution in [0, 0.1) is 5.92 Å². The maximum atomic E-state index is 12.8. The highest BCUT2D eigenvalue weighted by Crippen LogP contribution is 2.33. The van der Waals surface area contributed by atoms with Crippen LogP contribution in [0.1, 0.15) is 72.2 Å². The molecule has 1 aromatic rings. The van der Waals surface area contributed by atoms with Crippen LogP contribution in [0.4, 0.5) is 4.79 Å². The first kappa shape index (κ1) is 26.1. The fraction of sp³-hybridized carbons (Fsp3) is 0.625. The Morgan fingerprint density at radius 2 is 1.72 bits per heavy atom. The number of carbonyl (C=O) groups excluding carboxylic acids is 3. The molecular weight excluding hydrogens is 424 g/mol. The van der Waals surface area contributed by atoms with Crippen LogP contribution < -0.4 is 15.4 Å². The summed E-state index contributed by atoms with van der Waals surface area (Å²) in [6, 6.07) is 7.18. The number of hydrogen-bond donors (Lipinski definition) is 2. The van der Waals surface area contributed by atoms with Crippen molar-refractivity contribution >= 4 is 26.8 Å². The molecule has 1 aliphatic rings. The van der Waals surface area contributed by atoms with Crippen molar-refractivity contribution in [3.8, 4) is 5.75 Å². The summed E-state index contributed by atoms with van der Waals surface area (Å²) >= 11 is 0. The molecule has 32 heavy (non-hydrogen) atoms. The van der Waals surface area contributed by atoms with Crippen molar-refractivity contribution in [2.75, 3.05) is 0 Å². The average molecular weight is 462 g/mol. The van der Waals surface area contributed by atoms with E-state index in [4.69, 9.17) is 9.16 Å². The first-order chi connectivity index (χ1) is 14.7. The minimum absolute atomic E-state index is 0.0599. The van der Waals surface area contributed by atoms with E-state index in [1.54, 1.807) is 24.3 Å². The Kier molecular flexibility index (Phi) is 8.28. The van der Waals surface area contributed by atoms with Crippen molar-refractivity contribution in [1.82, 2.24) is 10.6 Å². The number of nitrogens with one attached hydrogen (secondary N) is 2. The SMILES string of the molecule is CC[Si](OC(C)C1C(=O)NC1CC(=O)c1ccc(OC(=O)NC(C)(C)C)cc1)C(C)(C)C. The first-order valence-corrected chi connectivity index (χ1v) is 12.8. The monoisotopic (exact) mass is 461 g/mol. The van der Waals surface area contributed by atoms with Gasteiger partial charge in [-0.15, -0.1) is 0 Å². The van der Waals surface area contributed by atoms with E-state index >= 15 is 0 Å². The smallest absolute Gasteiger partial charge is 0.413 e. The molecule has 0 saturated carbocycles. The van der Waals surface area contributed by atoms with E-state index in [-0.39, 0.29) is 41.2 Å². The summed E-state index contributed by atoms with van der Waals surface area (Å²) in [4.78, 5) is 36.9. The number of ether oxygens (including phenoxy) is 1. The lowest BCUT2D eigenvalue weighted by Gasteiger charge is -2.42. The largest absolute Gasteiger partial charge is 0.413 e. The highest BCUT2D eigenvalue weighted by Gasteiger charge is 2.45. The van der Waals surface area contributed by atoms with Gasteiger partial charge >= 0.3 is 6.09 Å². The normalized spacial score (nSPS) is 19.7. The van der Waals surface area contributed by atoms with Gasteiger partial charge in [0.2, 0.25) is 14.9 Å². The molecule has 1 radical (unpaired) electrons. The standard InChI is InChI=1S/C24H37N2O5Si/c1-9-32(24(6,7)8)31-15(2)20-18(25-21(20)28)14-19(27)16-10-12-17(13-11-16)30-22(29)26-23(3,4)5/h10-13,15,18,20H,9,14H2,1-8H3,(H,25,28)(H,26,29). The number of carbonyl (C=O) groups is 3.